The van der Waals surface area contributed by atoms with Crippen molar-refractivity contribution in [2.24, 2.45) is 5.92 Å². The van der Waals surface area contributed by atoms with Crippen molar-refractivity contribution in [3.8, 4) is 5.75 Å². The van der Waals surface area contributed by atoms with Crippen molar-refractivity contribution < 1.29 is 4.74 Å². The van der Waals surface area contributed by atoms with E-state index in [1.165, 1.54) is 12.8 Å². The third-order valence-electron chi connectivity index (χ3n) is 2.26. The van der Waals surface area contributed by atoms with E-state index in [1.54, 1.807) is 11.8 Å². The predicted octanol–water partition coefficient (Wildman–Crippen LogP) is 3.85. The topological polar surface area (TPSA) is 9.23 Å². The molecule has 0 aromatic heterocycles. The molecule has 0 radical (unpaired) electrons. The summed E-state index contributed by atoms with van der Waals surface area (Å²) in [7, 11) is 0. The van der Waals surface area contributed by atoms with E-state index in [1.807, 2.05) is 24.5 Å². The molecule has 1 aliphatic carbocycles. The summed E-state index contributed by atoms with van der Waals surface area (Å²) in [6.45, 7) is 0.841. The van der Waals surface area contributed by atoms with Crippen LogP contribution in [-0.4, -0.2) is 12.9 Å². The summed E-state index contributed by atoms with van der Waals surface area (Å²) in [5.41, 5.74) is 0. The average Bonchev–Trinajstić information content (AvgIpc) is 2.97. The van der Waals surface area contributed by atoms with Crippen LogP contribution in [0.5, 0.6) is 5.75 Å². The molecule has 0 saturated heterocycles. The van der Waals surface area contributed by atoms with E-state index in [0.717, 1.165) is 28.2 Å². The number of halogens is 1. The van der Waals surface area contributed by atoms with Gasteiger partial charge in [0.05, 0.1) is 6.61 Å². The Morgan fingerprint density at radius 2 is 2.21 bits per heavy atom. The van der Waals surface area contributed by atoms with E-state index >= 15 is 0 Å². The summed E-state index contributed by atoms with van der Waals surface area (Å²) in [5, 5.41) is 0.752. The molecular weight excluding hydrogens is 216 g/mol. The van der Waals surface area contributed by atoms with Gasteiger partial charge in [-0.25, -0.2) is 0 Å². The quantitative estimate of drug-likeness (QED) is 0.724. The highest BCUT2D eigenvalue weighted by molar-refractivity contribution is 7.98. The first-order valence-electron chi connectivity index (χ1n) is 4.75. The molecule has 0 spiro atoms. The zero-order valence-corrected chi connectivity index (χ0v) is 9.70. The number of hydrogen-bond donors (Lipinski definition) is 0. The molecule has 3 heteroatoms. The molecule has 0 aliphatic heterocycles. The summed E-state index contributed by atoms with van der Waals surface area (Å²) >= 11 is 7.65. The fourth-order valence-corrected chi connectivity index (χ4v) is 2.01. The largest absolute Gasteiger partial charge is 0.493 e. The van der Waals surface area contributed by atoms with Crippen LogP contribution < -0.4 is 4.74 Å². The van der Waals surface area contributed by atoms with E-state index in [2.05, 4.69) is 0 Å². The summed E-state index contributed by atoms with van der Waals surface area (Å²) in [6, 6.07) is 5.87. The Kier molecular flexibility index (Phi) is 3.24. The minimum Gasteiger partial charge on any atom is -0.493 e. The van der Waals surface area contributed by atoms with Gasteiger partial charge in [-0.2, -0.15) is 0 Å². The highest BCUT2D eigenvalue weighted by atomic mass is 35.5. The minimum atomic E-state index is 0.752. The summed E-state index contributed by atoms with van der Waals surface area (Å²) in [6.07, 6.45) is 4.67. The molecule has 0 unspecified atom stereocenters. The monoisotopic (exact) mass is 228 g/mol. The van der Waals surface area contributed by atoms with Gasteiger partial charge in [-0.15, -0.1) is 11.8 Å². The predicted molar refractivity (Wildman–Crippen MR) is 61.5 cm³/mol. The van der Waals surface area contributed by atoms with Crippen molar-refractivity contribution in [3.05, 3.63) is 23.2 Å². The van der Waals surface area contributed by atoms with Gasteiger partial charge in [0, 0.05) is 9.92 Å². The van der Waals surface area contributed by atoms with Crippen LogP contribution in [0.3, 0.4) is 0 Å². The van der Waals surface area contributed by atoms with Crippen molar-refractivity contribution in [1.82, 2.24) is 0 Å². The lowest BCUT2D eigenvalue weighted by atomic mass is 10.3. The van der Waals surface area contributed by atoms with Crippen molar-refractivity contribution in [2.75, 3.05) is 12.9 Å². The van der Waals surface area contributed by atoms with Crippen molar-refractivity contribution in [3.63, 3.8) is 0 Å². The third-order valence-corrected chi connectivity index (χ3v) is 3.19. The van der Waals surface area contributed by atoms with Crippen LogP contribution in [0, 0.1) is 5.92 Å². The normalized spacial score (nSPS) is 15.6. The first-order chi connectivity index (χ1) is 6.78. The number of benzene rings is 1. The number of ether oxygens (including phenoxy) is 1. The lowest BCUT2D eigenvalue weighted by Gasteiger charge is -2.07. The van der Waals surface area contributed by atoms with E-state index in [-0.39, 0.29) is 0 Å². The van der Waals surface area contributed by atoms with E-state index < -0.39 is 0 Å². The molecule has 76 valence electrons. The van der Waals surface area contributed by atoms with E-state index in [0.29, 0.717) is 0 Å². The molecule has 1 aromatic rings. The lowest BCUT2D eigenvalue weighted by molar-refractivity contribution is 0.299. The van der Waals surface area contributed by atoms with Crippen LogP contribution >= 0.6 is 23.4 Å². The Morgan fingerprint density at radius 1 is 1.43 bits per heavy atom. The average molecular weight is 229 g/mol. The third kappa shape index (κ3) is 2.82. The smallest absolute Gasteiger partial charge is 0.121 e. The molecule has 0 N–H and O–H groups in total. The Bertz CT molecular complexity index is 323. The fraction of sp³-hybridized carbons (Fsp3) is 0.455. The SMILES string of the molecule is CSc1cc(Cl)cc(OCC2CC2)c1. The summed E-state index contributed by atoms with van der Waals surface area (Å²) in [4.78, 5) is 1.16. The van der Waals surface area contributed by atoms with Crippen LogP contribution in [0.25, 0.3) is 0 Å². The highest BCUT2D eigenvalue weighted by Crippen LogP contribution is 2.31. The van der Waals surface area contributed by atoms with Gasteiger partial charge in [0.2, 0.25) is 0 Å². The summed E-state index contributed by atoms with van der Waals surface area (Å²) in [5.74, 6) is 1.68. The first kappa shape index (κ1) is 10.2. The Hall–Kier alpha value is -0.340. The maximum absolute atomic E-state index is 5.97. The zero-order valence-electron chi connectivity index (χ0n) is 8.13. The second-order valence-corrected chi connectivity index (χ2v) is 4.90. The van der Waals surface area contributed by atoms with Crippen LogP contribution in [0.1, 0.15) is 12.8 Å². The molecule has 1 nitrogen and oxygen atoms in total. The lowest BCUT2D eigenvalue weighted by Crippen LogP contribution is -1.98. The van der Waals surface area contributed by atoms with Crippen molar-refractivity contribution in [1.29, 1.82) is 0 Å². The molecule has 0 amide bonds. The van der Waals surface area contributed by atoms with Gasteiger partial charge in [0.25, 0.3) is 0 Å². The molecule has 0 heterocycles. The van der Waals surface area contributed by atoms with Gasteiger partial charge in [-0.05, 0) is 43.2 Å². The van der Waals surface area contributed by atoms with Gasteiger partial charge in [0.1, 0.15) is 5.75 Å². The van der Waals surface area contributed by atoms with Gasteiger partial charge in [0.15, 0.2) is 0 Å². The first-order valence-corrected chi connectivity index (χ1v) is 6.35. The number of hydrogen-bond acceptors (Lipinski definition) is 2. The van der Waals surface area contributed by atoms with Crippen LogP contribution in [0.2, 0.25) is 5.02 Å². The van der Waals surface area contributed by atoms with Crippen molar-refractivity contribution >= 4 is 23.4 Å². The van der Waals surface area contributed by atoms with Crippen LogP contribution in [0.4, 0.5) is 0 Å². The molecule has 1 aromatic carbocycles. The highest BCUT2D eigenvalue weighted by Gasteiger charge is 2.21. The van der Waals surface area contributed by atoms with Gasteiger partial charge < -0.3 is 4.74 Å². The van der Waals surface area contributed by atoms with E-state index in [9.17, 15) is 0 Å². The van der Waals surface area contributed by atoms with Crippen molar-refractivity contribution in [2.45, 2.75) is 17.7 Å². The minimum absolute atomic E-state index is 0.752. The maximum atomic E-state index is 5.97. The Morgan fingerprint density at radius 3 is 2.86 bits per heavy atom. The second-order valence-electron chi connectivity index (χ2n) is 3.58. The van der Waals surface area contributed by atoms with Crippen LogP contribution in [-0.2, 0) is 0 Å². The molecule has 1 saturated carbocycles. The number of rotatable bonds is 4. The van der Waals surface area contributed by atoms with Crippen LogP contribution in [0.15, 0.2) is 23.1 Å². The molecule has 2 rings (SSSR count). The second kappa shape index (κ2) is 4.45. The molecule has 1 fully saturated rings. The van der Waals surface area contributed by atoms with E-state index in [4.69, 9.17) is 16.3 Å². The Labute approximate surface area is 93.8 Å². The molecule has 0 bridgehead atoms. The molecule has 14 heavy (non-hydrogen) atoms. The fourth-order valence-electron chi connectivity index (χ4n) is 1.24. The molecule has 1 aliphatic rings. The standard InChI is InChI=1S/C11H13ClOS/c1-14-11-5-9(12)4-10(6-11)13-7-8-2-3-8/h4-6,8H,2-3,7H2,1H3. The molecule has 0 atom stereocenters. The molecular formula is C11H13ClOS. The van der Waals surface area contributed by atoms with Gasteiger partial charge >= 0.3 is 0 Å². The van der Waals surface area contributed by atoms with Gasteiger partial charge in [-0.3, -0.25) is 0 Å². The zero-order chi connectivity index (χ0) is 9.97. The summed E-state index contributed by atoms with van der Waals surface area (Å²) < 4.78 is 5.66. The van der Waals surface area contributed by atoms with Gasteiger partial charge in [-0.1, -0.05) is 11.6 Å². The maximum Gasteiger partial charge on any atom is 0.121 e. The Balaban J connectivity index is 2.03. The number of thioether (sulfide) groups is 1.